The number of cyclic esters (lactones) is 1. The van der Waals surface area contributed by atoms with Crippen LogP contribution in [-0.4, -0.2) is 19.2 Å². The summed E-state index contributed by atoms with van der Waals surface area (Å²) in [5.41, 5.74) is 1.81. The van der Waals surface area contributed by atoms with Crippen LogP contribution in [0.3, 0.4) is 0 Å². The molecule has 3 nitrogen and oxygen atoms in total. The minimum atomic E-state index is -0.263. The van der Waals surface area contributed by atoms with Gasteiger partial charge in [0.15, 0.2) is 6.10 Å². The number of ether oxygens (including phenoxy) is 2. The monoisotopic (exact) mass is 240 g/mol. The number of methoxy groups -OCH3 is 1. The van der Waals surface area contributed by atoms with E-state index in [0.29, 0.717) is 11.3 Å². The molecule has 1 rings (SSSR count). The molecule has 0 aromatic heterocycles. The number of rotatable bonds is 4. The van der Waals surface area contributed by atoms with E-state index in [4.69, 9.17) is 9.47 Å². The molecule has 0 bridgehead atoms. The highest BCUT2D eigenvalue weighted by Gasteiger charge is 2.32. The minimum absolute atomic E-state index is 0.231. The highest BCUT2D eigenvalue weighted by molar-refractivity contribution is 5.91. The van der Waals surface area contributed by atoms with Crippen molar-refractivity contribution in [2.75, 3.05) is 7.11 Å². The Kier molecular flexibility index (Phi) is 7.35. The summed E-state index contributed by atoms with van der Waals surface area (Å²) >= 11 is 0. The Balaban J connectivity index is 0.00000121. The molecule has 1 heterocycles. The van der Waals surface area contributed by atoms with Crippen LogP contribution in [-0.2, 0) is 14.3 Å². The summed E-state index contributed by atoms with van der Waals surface area (Å²) in [6, 6.07) is 0. The van der Waals surface area contributed by atoms with Gasteiger partial charge >= 0.3 is 5.97 Å². The lowest BCUT2D eigenvalue weighted by atomic mass is 10.1. The predicted octanol–water partition coefficient (Wildman–Crippen LogP) is 3.60. The van der Waals surface area contributed by atoms with Gasteiger partial charge in [0.2, 0.25) is 0 Å². The van der Waals surface area contributed by atoms with Gasteiger partial charge in [0.25, 0.3) is 0 Å². The lowest BCUT2D eigenvalue weighted by molar-refractivity contribution is -0.140. The van der Waals surface area contributed by atoms with Gasteiger partial charge in [-0.15, -0.1) is 0 Å². The van der Waals surface area contributed by atoms with Gasteiger partial charge in [-0.25, -0.2) is 4.79 Å². The summed E-state index contributed by atoms with van der Waals surface area (Å²) in [5, 5.41) is 0. The molecular weight excluding hydrogens is 216 g/mol. The molecule has 0 saturated carbocycles. The van der Waals surface area contributed by atoms with E-state index >= 15 is 0 Å². The molecule has 1 unspecified atom stereocenters. The van der Waals surface area contributed by atoms with Crippen molar-refractivity contribution < 1.29 is 14.3 Å². The third-order valence-corrected chi connectivity index (χ3v) is 2.50. The summed E-state index contributed by atoms with van der Waals surface area (Å²) in [6.07, 6.45) is 3.62. The summed E-state index contributed by atoms with van der Waals surface area (Å²) in [4.78, 5) is 11.3. The SMILES string of the molecule is CC.CC/C=C(\C)CC1OC(=O)C(C)=C1OC. The average Bonchev–Trinajstić information content (AvgIpc) is 2.57. The van der Waals surface area contributed by atoms with Crippen molar-refractivity contribution >= 4 is 5.97 Å². The average molecular weight is 240 g/mol. The van der Waals surface area contributed by atoms with Crippen molar-refractivity contribution in [3.05, 3.63) is 23.0 Å². The van der Waals surface area contributed by atoms with Crippen molar-refractivity contribution in [2.24, 2.45) is 0 Å². The molecular formula is C14H24O3. The van der Waals surface area contributed by atoms with E-state index in [-0.39, 0.29) is 12.1 Å². The Hall–Kier alpha value is -1.25. The minimum Gasteiger partial charge on any atom is -0.497 e. The molecule has 0 aliphatic carbocycles. The number of carbonyl (C=O) groups excluding carboxylic acids is 1. The van der Waals surface area contributed by atoms with E-state index < -0.39 is 0 Å². The van der Waals surface area contributed by atoms with Crippen LogP contribution < -0.4 is 0 Å². The highest BCUT2D eigenvalue weighted by Crippen LogP contribution is 2.27. The van der Waals surface area contributed by atoms with Crippen molar-refractivity contribution in [3.8, 4) is 0 Å². The van der Waals surface area contributed by atoms with Crippen LogP contribution in [0.25, 0.3) is 0 Å². The van der Waals surface area contributed by atoms with Crippen molar-refractivity contribution in [2.45, 2.75) is 53.6 Å². The molecule has 0 aromatic rings. The topological polar surface area (TPSA) is 35.5 Å². The first-order valence-electron chi connectivity index (χ1n) is 6.21. The molecule has 0 aromatic carbocycles. The van der Waals surface area contributed by atoms with Crippen molar-refractivity contribution in [1.82, 2.24) is 0 Å². The van der Waals surface area contributed by atoms with Gasteiger partial charge in [0.1, 0.15) is 5.76 Å². The summed E-state index contributed by atoms with van der Waals surface area (Å²) in [7, 11) is 1.58. The summed E-state index contributed by atoms with van der Waals surface area (Å²) in [6.45, 7) is 9.86. The Bertz CT molecular complexity index is 313. The van der Waals surface area contributed by atoms with Crippen LogP contribution in [0.2, 0.25) is 0 Å². The van der Waals surface area contributed by atoms with Crippen molar-refractivity contribution in [1.29, 1.82) is 0 Å². The van der Waals surface area contributed by atoms with Gasteiger partial charge < -0.3 is 9.47 Å². The van der Waals surface area contributed by atoms with Gasteiger partial charge in [0, 0.05) is 6.42 Å². The van der Waals surface area contributed by atoms with Crippen LogP contribution in [0.5, 0.6) is 0 Å². The van der Waals surface area contributed by atoms with Gasteiger partial charge in [-0.1, -0.05) is 32.4 Å². The lowest BCUT2D eigenvalue weighted by Crippen LogP contribution is -2.13. The lowest BCUT2D eigenvalue weighted by Gasteiger charge is -2.13. The molecule has 98 valence electrons. The molecule has 1 aliphatic heterocycles. The van der Waals surface area contributed by atoms with Crippen LogP contribution >= 0.6 is 0 Å². The first kappa shape index (κ1) is 15.8. The first-order valence-corrected chi connectivity index (χ1v) is 6.21. The van der Waals surface area contributed by atoms with E-state index in [2.05, 4.69) is 13.0 Å². The third kappa shape index (κ3) is 4.25. The van der Waals surface area contributed by atoms with E-state index in [0.717, 1.165) is 12.8 Å². The normalized spacial score (nSPS) is 19.8. The van der Waals surface area contributed by atoms with E-state index in [1.165, 1.54) is 5.57 Å². The quantitative estimate of drug-likeness (QED) is 0.556. The fourth-order valence-electron chi connectivity index (χ4n) is 1.76. The zero-order chi connectivity index (χ0) is 13.4. The maximum atomic E-state index is 11.3. The summed E-state index contributed by atoms with van der Waals surface area (Å²) < 4.78 is 10.4. The van der Waals surface area contributed by atoms with Gasteiger partial charge in [-0.05, 0) is 20.3 Å². The third-order valence-electron chi connectivity index (χ3n) is 2.50. The Morgan fingerprint density at radius 2 is 2.06 bits per heavy atom. The molecule has 0 fully saturated rings. The van der Waals surface area contributed by atoms with Crippen LogP contribution in [0.4, 0.5) is 0 Å². The molecule has 3 heteroatoms. The standard InChI is InChI=1S/C12H18O3.C2H6/c1-5-6-8(2)7-10-11(14-4)9(3)12(13)15-10;1-2/h6,10H,5,7H2,1-4H3;1-2H3/b8-6+;. The first-order chi connectivity index (χ1) is 8.10. The number of hydrogen-bond acceptors (Lipinski definition) is 3. The second-order valence-electron chi connectivity index (χ2n) is 3.75. The summed E-state index contributed by atoms with van der Waals surface area (Å²) in [5.74, 6) is 0.407. The predicted molar refractivity (Wildman–Crippen MR) is 69.6 cm³/mol. The fourth-order valence-corrected chi connectivity index (χ4v) is 1.76. The van der Waals surface area contributed by atoms with Crippen LogP contribution in [0.1, 0.15) is 47.5 Å². The smallest absolute Gasteiger partial charge is 0.338 e. The second kappa shape index (κ2) is 7.93. The number of esters is 1. The maximum Gasteiger partial charge on any atom is 0.338 e. The molecule has 1 aliphatic rings. The molecule has 0 saturated heterocycles. The maximum absolute atomic E-state index is 11.3. The van der Waals surface area contributed by atoms with Gasteiger partial charge in [-0.3, -0.25) is 0 Å². The molecule has 0 N–H and O–H groups in total. The largest absolute Gasteiger partial charge is 0.497 e. The van der Waals surface area contributed by atoms with Crippen molar-refractivity contribution in [3.63, 3.8) is 0 Å². The molecule has 0 radical (unpaired) electrons. The molecule has 0 amide bonds. The zero-order valence-corrected chi connectivity index (χ0v) is 11.8. The van der Waals surface area contributed by atoms with Gasteiger partial charge in [0.05, 0.1) is 12.7 Å². The molecule has 17 heavy (non-hydrogen) atoms. The van der Waals surface area contributed by atoms with Crippen LogP contribution in [0.15, 0.2) is 23.0 Å². The Labute approximate surface area is 104 Å². The van der Waals surface area contributed by atoms with E-state index in [1.54, 1.807) is 14.0 Å². The Morgan fingerprint density at radius 1 is 1.47 bits per heavy atom. The van der Waals surface area contributed by atoms with E-state index in [9.17, 15) is 4.79 Å². The molecule has 0 spiro atoms. The second-order valence-corrected chi connectivity index (χ2v) is 3.75. The number of carbonyl (C=O) groups is 1. The zero-order valence-electron chi connectivity index (χ0n) is 11.8. The number of allylic oxidation sites excluding steroid dienone is 1. The Morgan fingerprint density at radius 3 is 2.53 bits per heavy atom. The van der Waals surface area contributed by atoms with Gasteiger partial charge in [-0.2, -0.15) is 0 Å². The van der Waals surface area contributed by atoms with E-state index in [1.807, 2.05) is 20.8 Å². The molecule has 1 atom stereocenters. The van der Waals surface area contributed by atoms with Crippen LogP contribution in [0, 0.1) is 0 Å². The highest BCUT2D eigenvalue weighted by atomic mass is 16.6. The number of hydrogen-bond donors (Lipinski definition) is 0. The fraction of sp³-hybridized carbons (Fsp3) is 0.643.